The molecule has 0 aromatic heterocycles. The van der Waals surface area contributed by atoms with E-state index >= 15 is 0 Å². The smallest absolute Gasteiger partial charge is 0.262 e. The number of aryl methyl sites for hydroxylation is 1. The van der Waals surface area contributed by atoms with Crippen LogP contribution in [0.3, 0.4) is 0 Å². The van der Waals surface area contributed by atoms with Gasteiger partial charge in [-0.25, -0.2) is 8.42 Å². The number of rotatable bonds is 7. The molecule has 0 atom stereocenters. The third-order valence-electron chi connectivity index (χ3n) is 4.13. The van der Waals surface area contributed by atoms with E-state index in [2.05, 4.69) is 5.32 Å². The molecule has 0 aliphatic carbocycles. The lowest BCUT2D eigenvalue weighted by molar-refractivity contribution is -0.118. The van der Waals surface area contributed by atoms with Crippen LogP contribution in [0.2, 0.25) is 0 Å². The van der Waals surface area contributed by atoms with Gasteiger partial charge in [-0.2, -0.15) is 0 Å². The fourth-order valence-corrected chi connectivity index (χ4v) is 3.45. The number of phenols is 1. The number of phenolic OH excluding ortho intramolecular Hbond substituents is 1. The van der Waals surface area contributed by atoms with Crippen molar-refractivity contribution >= 4 is 21.4 Å². The maximum Gasteiger partial charge on any atom is 0.262 e. The summed E-state index contributed by atoms with van der Waals surface area (Å²) in [5, 5.41) is 12.4. The minimum absolute atomic E-state index is 0.0338. The van der Waals surface area contributed by atoms with Crippen molar-refractivity contribution in [3.63, 3.8) is 0 Å². The van der Waals surface area contributed by atoms with Gasteiger partial charge in [0.15, 0.2) is 16.4 Å². The number of benzene rings is 2. The van der Waals surface area contributed by atoms with Crippen molar-refractivity contribution in [2.45, 2.75) is 38.5 Å². The molecule has 0 aliphatic rings. The highest BCUT2D eigenvalue weighted by atomic mass is 32.2. The maximum absolute atomic E-state index is 12.2. The van der Waals surface area contributed by atoms with Crippen molar-refractivity contribution < 1.29 is 23.1 Å². The Bertz CT molecular complexity index is 935. The summed E-state index contributed by atoms with van der Waals surface area (Å²) in [7, 11) is -3.44. The van der Waals surface area contributed by atoms with Gasteiger partial charge in [-0.3, -0.25) is 4.79 Å². The van der Waals surface area contributed by atoms with Crippen LogP contribution >= 0.6 is 0 Å². The molecule has 0 spiro atoms. The van der Waals surface area contributed by atoms with Gasteiger partial charge in [0.2, 0.25) is 0 Å². The van der Waals surface area contributed by atoms with Gasteiger partial charge in [-0.05, 0) is 48.2 Å². The first-order valence-electron chi connectivity index (χ1n) is 8.73. The summed E-state index contributed by atoms with van der Waals surface area (Å²) < 4.78 is 29.6. The second-order valence-electron chi connectivity index (χ2n) is 6.62. The molecule has 0 fully saturated rings. The molecule has 2 aromatic rings. The monoisotopic (exact) mass is 391 g/mol. The van der Waals surface area contributed by atoms with Crippen LogP contribution in [-0.4, -0.2) is 31.8 Å². The van der Waals surface area contributed by atoms with Crippen molar-refractivity contribution in [3.8, 4) is 11.5 Å². The van der Waals surface area contributed by atoms with Crippen molar-refractivity contribution in [1.29, 1.82) is 0 Å². The van der Waals surface area contributed by atoms with E-state index in [0.29, 0.717) is 5.75 Å². The van der Waals surface area contributed by atoms with E-state index < -0.39 is 15.7 Å². The summed E-state index contributed by atoms with van der Waals surface area (Å²) in [6.45, 7) is 7.29. The summed E-state index contributed by atoms with van der Waals surface area (Å²) in [5.74, 6) is 0.0966. The molecule has 0 saturated heterocycles. The predicted octanol–water partition coefficient (Wildman–Crippen LogP) is 3.64. The Labute approximate surface area is 160 Å². The van der Waals surface area contributed by atoms with Gasteiger partial charge in [-0.15, -0.1) is 0 Å². The highest BCUT2D eigenvalue weighted by Crippen LogP contribution is 2.29. The average Bonchev–Trinajstić information content (AvgIpc) is 2.61. The average molecular weight is 391 g/mol. The molecule has 2 aromatic carbocycles. The Morgan fingerprint density at radius 1 is 1.19 bits per heavy atom. The van der Waals surface area contributed by atoms with E-state index in [4.69, 9.17) is 4.74 Å². The summed E-state index contributed by atoms with van der Waals surface area (Å²) in [5.41, 5.74) is 2.05. The number of ether oxygens (including phenoxy) is 1. The van der Waals surface area contributed by atoms with Gasteiger partial charge >= 0.3 is 0 Å². The largest absolute Gasteiger partial charge is 0.506 e. The van der Waals surface area contributed by atoms with Crippen LogP contribution in [0.25, 0.3) is 0 Å². The fourth-order valence-electron chi connectivity index (χ4n) is 2.55. The Hall–Kier alpha value is -2.54. The highest BCUT2D eigenvalue weighted by molar-refractivity contribution is 7.91. The molecule has 0 bridgehead atoms. The minimum Gasteiger partial charge on any atom is -0.506 e. The third-order valence-corrected chi connectivity index (χ3v) is 5.86. The Morgan fingerprint density at radius 3 is 2.52 bits per heavy atom. The van der Waals surface area contributed by atoms with Crippen LogP contribution in [0.5, 0.6) is 11.5 Å². The van der Waals surface area contributed by atoms with Crippen LogP contribution in [0.1, 0.15) is 37.8 Å². The molecule has 2 N–H and O–H groups in total. The number of carbonyl (C=O) groups is 1. The number of hydrogen-bond donors (Lipinski definition) is 2. The molecule has 6 nitrogen and oxygen atoms in total. The van der Waals surface area contributed by atoms with E-state index in [0.717, 1.165) is 11.1 Å². The van der Waals surface area contributed by atoms with Gasteiger partial charge in [0.05, 0.1) is 16.3 Å². The molecule has 0 radical (unpaired) electrons. The van der Waals surface area contributed by atoms with Gasteiger partial charge in [-0.1, -0.05) is 32.9 Å². The third kappa shape index (κ3) is 5.23. The maximum atomic E-state index is 12.2. The molecule has 0 saturated carbocycles. The lowest BCUT2D eigenvalue weighted by atomic mass is 10.0. The molecule has 1 amide bonds. The van der Waals surface area contributed by atoms with E-state index in [1.807, 2.05) is 39.0 Å². The standard InChI is InChI=1S/C20H25NO5S/c1-5-27(24,25)15-7-9-18(22)17(11-15)21-20(23)12-26-19-10-14(4)6-8-16(19)13(2)3/h6-11,13,22H,5,12H2,1-4H3,(H,21,23). The van der Waals surface area contributed by atoms with E-state index in [1.54, 1.807) is 0 Å². The Kier molecular flexibility index (Phi) is 6.49. The molecule has 0 unspecified atom stereocenters. The number of amides is 1. The molecule has 0 aliphatic heterocycles. The zero-order valence-electron chi connectivity index (χ0n) is 15.9. The molecular weight excluding hydrogens is 366 g/mol. The van der Waals surface area contributed by atoms with Crippen molar-refractivity contribution in [2.75, 3.05) is 17.7 Å². The second kappa shape index (κ2) is 8.43. The SMILES string of the molecule is CCS(=O)(=O)c1ccc(O)c(NC(=O)COc2cc(C)ccc2C(C)C)c1. The second-order valence-corrected chi connectivity index (χ2v) is 8.89. The number of carbonyl (C=O) groups excluding carboxylic acids is 1. The number of anilines is 1. The lowest BCUT2D eigenvalue weighted by Crippen LogP contribution is -2.21. The minimum atomic E-state index is -3.44. The number of sulfone groups is 1. The Morgan fingerprint density at radius 2 is 1.89 bits per heavy atom. The van der Waals surface area contributed by atoms with Crippen LogP contribution in [-0.2, 0) is 14.6 Å². The summed E-state index contributed by atoms with van der Waals surface area (Å²) >= 11 is 0. The first-order valence-corrected chi connectivity index (χ1v) is 10.4. The highest BCUT2D eigenvalue weighted by Gasteiger charge is 2.16. The van der Waals surface area contributed by atoms with Crippen LogP contribution < -0.4 is 10.1 Å². The van der Waals surface area contributed by atoms with Gasteiger partial charge < -0.3 is 15.2 Å². The number of nitrogens with one attached hydrogen (secondary N) is 1. The van der Waals surface area contributed by atoms with Crippen molar-refractivity contribution in [1.82, 2.24) is 0 Å². The van der Waals surface area contributed by atoms with Crippen LogP contribution in [0.4, 0.5) is 5.69 Å². The summed E-state index contributed by atoms with van der Waals surface area (Å²) in [4.78, 5) is 12.3. The molecule has 7 heteroatoms. The van der Waals surface area contributed by atoms with Crippen LogP contribution in [0, 0.1) is 6.92 Å². The quantitative estimate of drug-likeness (QED) is 0.703. The topological polar surface area (TPSA) is 92.7 Å². The molecule has 146 valence electrons. The first-order chi connectivity index (χ1) is 12.6. The lowest BCUT2D eigenvalue weighted by Gasteiger charge is -2.15. The molecular formula is C20H25NO5S. The van der Waals surface area contributed by atoms with Gasteiger partial charge in [0, 0.05) is 0 Å². The predicted molar refractivity (Wildman–Crippen MR) is 105 cm³/mol. The van der Waals surface area contributed by atoms with Crippen molar-refractivity contribution in [2.24, 2.45) is 0 Å². The zero-order valence-corrected chi connectivity index (χ0v) is 16.8. The van der Waals surface area contributed by atoms with E-state index in [-0.39, 0.29) is 34.6 Å². The number of aromatic hydroxyl groups is 1. The molecule has 27 heavy (non-hydrogen) atoms. The first kappa shape index (κ1) is 20.8. The Balaban J connectivity index is 2.13. The fraction of sp³-hybridized carbons (Fsp3) is 0.350. The van der Waals surface area contributed by atoms with Gasteiger partial charge in [0.25, 0.3) is 5.91 Å². The summed E-state index contributed by atoms with van der Waals surface area (Å²) in [6, 6.07) is 9.63. The number of hydrogen-bond acceptors (Lipinski definition) is 5. The van der Waals surface area contributed by atoms with E-state index in [1.165, 1.54) is 25.1 Å². The van der Waals surface area contributed by atoms with Crippen LogP contribution in [0.15, 0.2) is 41.3 Å². The molecule has 0 heterocycles. The van der Waals surface area contributed by atoms with Gasteiger partial charge in [0.1, 0.15) is 11.5 Å². The van der Waals surface area contributed by atoms with Crippen molar-refractivity contribution in [3.05, 3.63) is 47.5 Å². The summed E-state index contributed by atoms with van der Waals surface area (Å²) in [6.07, 6.45) is 0. The normalized spacial score (nSPS) is 11.4. The molecule has 2 rings (SSSR count). The zero-order chi connectivity index (χ0) is 20.2. The van der Waals surface area contributed by atoms with E-state index in [9.17, 15) is 18.3 Å².